The highest BCUT2D eigenvalue weighted by molar-refractivity contribution is 5.90. The van der Waals surface area contributed by atoms with Crippen LogP contribution in [0.1, 0.15) is 54.0 Å². The molecule has 33 heavy (non-hydrogen) atoms. The Kier molecular flexibility index (Phi) is 5.07. The summed E-state index contributed by atoms with van der Waals surface area (Å²) in [6.07, 6.45) is 1.57. The minimum Gasteiger partial charge on any atom is -0.496 e. The van der Waals surface area contributed by atoms with Gasteiger partial charge in [0.25, 0.3) is 0 Å². The van der Waals surface area contributed by atoms with Gasteiger partial charge in [0.05, 0.1) is 49.5 Å². The van der Waals surface area contributed by atoms with Gasteiger partial charge in [-0.3, -0.25) is 0 Å². The molecule has 0 amide bonds. The molecule has 7 heteroatoms. The summed E-state index contributed by atoms with van der Waals surface area (Å²) in [6.45, 7) is 9.15. The number of carbonyl (C=O) groups is 1. The molecule has 0 radical (unpaired) electrons. The minimum atomic E-state index is -0.351. The van der Waals surface area contributed by atoms with Gasteiger partial charge in [0, 0.05) is 17.0 Å². The fourth-order valence-corrected chi connectivity index (χ4v) is 5.18. The molecule has 0 aliphatic carbocycles. The maximum Gasteiger partial charge on any atom is 0.341 e. The van der Waals surface area contributed by atoms with Gasteiger partial charge in [-0.2, -0.15) is 5.10 Å². The van der Waals surface area contributed by atoms with Gasteiger partial charge in [0.15, 0.2) is 0 Å². The molecule has 2 atom stereocenters. The highest BCUT2D eigenvalue weighted by Crippen LogP contribution is 2.54. The average Bonchev–Trinajstić information content (AvgIpc) is 3.19. The number of rotatable bonds is 4. The first-order valence-corrected chi connectivity index (χ1v) is 11.3. The number of aromatic nitrogens is 2. The predicted octanol–water partition coefficient (Wildman–Crippen LogP) is 4.82. The zero-order chi connectivity index (χ0) is 23.3. The van der Waals surface area contributed by atoms with E-state index >= 15 is 0 Å². The largest absolute Gasteiger partial charge is 0.496 e. The van der Waals surface area contributed by atoms with Crippen LogP contribution in [0.2, 0.25) is 0 Å². The van der Waals surface area contributed by atoms with E-state index < -0.39 is 0 Å². The summed E-state index contributed by atoms with van der Waals surface area (Å²) in [6, 6.07) is 12.3. The standard InChI is InChI=1S/C26H29N3O4/c1-6-32-25(30)17-13-27-29(15(17)2)16-10-11-20-18(12-16)26(3,4)19-14-33-22-9-7-8-21(31-5)23(22)24(19)28-20/h7-13,19,24,28H,6,14H2,1-5H3/t19-,24-/m0/s1. The molecule has 172 valence electrons. The number of fused-ring (bicyclic) bond motifs is 4. The van der Waals surface area contributed by atoms with Gasteiger partial charge in [-0.1, -0.05) is 19.9 Å². The highest BCUT2D eigenvalue weighted by Gasteiger charge is 2.47. The molecular weight excluding hydrogens is 418 g/mol. The predicted molar refractivity (Wildman–Crippen MR) is 126 cm³/mol. The van der Waals surface area contributed by atoms with E-state index in [1.807, 2.05) is 31.2 Å². The summed E-state index contributed by atoms with van der Waals surface area (Å²) >= 11 is 0. The summed E-state index contributed by atoms with van der Waals surface area (Å²) in [5, 5.41) is 8.23. The van der Waals surface area contributed by atoms with Crippen LogP contribution < -0.4 is 14.8 Å². The second kappa shape index (κ2) is 7.83. The van der Waals surface area contributed by atoms with Crippen LogP contribution in [-0.2, 0) is 10.2 Å². The summed E-state index contributed by atoms with van der Waals surface area (Å²) in [7, 11) is 1.70. The van der Waals surface area contributed by atoms with E-state index in [4.69, 9.17) is 14.2 Å². The second-order valence-corrected chi connectivity index (χ2v) is 9.14. The van der Waals surface area contributed by atoms with E-state index in [2.05, 4.69) is 36.4 Å². The molecular formula is C26H29N3O4. The Bertz CT molecular complexity index is 1220. The monoisotopic (exact) mass is 447 g/mol. The molecule has 7 nitrogen and oxygen atoms in total. The van der Waals surface area contributed by atoms with Crippen molar-refractivity contribution in [3.05, 3.63) is 65.0 Å². The van der Waals surface area contributed by atoms with Crippen LogP contribution in [0.5, 0.6) is 11.5 Å². The molecule has 3 heterocycles. The third kappa shape index (κ3) is 3.25. The van der Waals surface area contributed by atoms with E-state index in [9.17, 15) is 4.79 Å². The summed E-state index contributed by atoms with van der Waals surface area (Å²) < 4.78 is 18.8. The Balaban J connectivity index is 1.56. The molecule has 2 aliphatic rings. The fourth-order valence-electron chi connectivity index (χ4n) is 5.18. The molecule has 3 aromatic rings. The number of ether oxygens (including phenoxy) is 3. The first-order valence-electron chi connectivity index (χ1n) is 11.3. The first kappa shape index (κ1) is 21.4. The van der Waals surface area contributed by atoms with Crippen LogP contribution in [0.4, 0.5) is 5.69 Å². The molecule has 0 saturated carbocycles. The number of nitrogens with zero attached hydrogens (tertiary/aromatic N) is 2. The van der Waals surface area contributed by atoms with E-state index in [-0.39, 0.29) is 23.3 Å². The lowest BCUT2D eigenvalue weighted by atomic mass is 9.65. The Labute approximate surface area is 193 Å². The van der Waals surface area contributed by atoms with Crippen molar-refractivity contribution in [1.29, 1.82) is 0 Å². The number of carbonyl (C=O) groups excluding carboxylic acids is 1. The van der Waals surface area contributed by atoms with Gasteiger partial charge >= 0.3 is 5.97 Å². The maximum absolute atomic E-state index is 12.2. The van der Waals surface area contributed by atoms with Crippen LogP contribution >= 0.6 is 0 Å². The number of methoxy groups -OCH3 is 1. The molecule has 2 aromatic carbocycles. The maximum atomic E-state index is 12.2. The molecule has 2 aliphatic heterocycles. The van der Waals surface area contributed by atoms with Crippen molar-refractivity contribution in [1.82, 2.24) is 9.78 Å². The van der Waals surface area contributed by atoms with Crippen molar-refractivity contribution in [3.63, 3.8) is 0 Å². The van der Waals surface area contributed by atoms with Gasteiger partial charge in [0.1, 0.15) is 17.1 Å². The number of anilines is 1. The van der Waals surface area contributed by atoms with Crippen LogP contribution in [0.3, 0.4) is 0 Å². The quantitative estimate of drug-likeness (QED) is 0.578. The first-order chi connectivity index (χ1) is 15.9. The number of nitrogens with one attached hydrogen (secondary N) is 1. The van der Waals surface area contributed by atoms with Gasteiger partial charge in [-0.25, -0.2) is 9.48 Å². The van der Waals surface area contributed by atoms with Gasteiger partial charge < -0.3 is 19.5 Å². The van der Waals surface area contributed by atoms with Crippen molar-refractivity contribution >= 4 is 11.7 Å². The molecule has 0 fully saturated rings. The van der Waals surface area contributed by atoms with Crippen molar-refractivity contribution in [3.8, 4) is 17.2 Å². The topological polar surface area (TPSA) is 74.6 Å². The van der Waals surface area contributed by atoms with Crippen molar-refractivity contribution < 1.29 is 19.0 Å². The van der Waals surface area contributed by atoms with Gasteiger partial charge in [-0.15, -0.1) is 0 Å². The fraction of sp³-hybridized carbons (Fsp3) is 0.385. The average molecular weight is 448 g/mol. The summed E-state index contributed by atoms with van der Waals surface area (Å²) in [5.41, 5.74) is 5.31. The molecule has 1 N–H and O–H groups in total. The number of esters is 1. The molecule has 0 saturated heterocycles. The van der Waals surface area contributed by atoms with Crippen molar-refractivity contribution in [2.75, 3.05) is 25.6 Å². The zero-order valence-electron chi connectivity index (χ0n) is 19.6. The van der Waals surface area contributed by atoms with E-state index in [0.717, 1.165) is 34.1 Å². The Morgan fingerprint density at radius 2 is 2.12 bits per heavy atom. The third-order valence-electron chi connectivity index (χ3n) is 7.06. The van der Waals surface area contributed by atoms with E-state index in [0.29, 0.717) is 18.8 Å². The molecule has 5 rings (SSSR count). The Hall–Kier alpha value is -3.48. The second-order valence-electron chi connectivity index (χ2n) is 9.14. The smallest absolute Gasteiger partial charge is 0.341 e. The summed E-state index contributed by atoms with van der Waals surface area (Å²) in [5.74, 6) is 1.57. The highest BCUT2D eigenvalue weighted by atomic mass is 16.5. The van der Waals surface area contributed by atoms with Crippen LogP contribution in [0.25, 0.3) is 5.69 Å². The summed E-state index contributed by atoms with van der Waals surface area (Å²) in [4.78, 5) is 12.2. The lowest BCUT2D eigenvalue weighted by Crippen LogP contribution is -2.46. The molecule has 0 bridgehead atoms. The van der Waals surface area contributed by atoms with Crippen LogP contribution in [0.15, 0.2) is 42.6 Å². The number of benzene rings is 2. The SMILES string of the molecule is CCOC(=O)c1cnn(-c2ccc3c(c2)C(C)(C)[C@H]2COc4cccc(OC)c4[C@H]2N3)c1C. The lowest BCUT2D eigenvalue weighted by Gasteiger charge is -2.48. The van der Waals surface area contributed by atoms with Crippen molar-refractivity contribution in [2.24, 2.45) is 5.92 Å². The van der Waals surface area contributed by atoms with Crippen LogP contribution in [0, 0.1) is 12.8 Å². The van der Waals surface area contributed by atoms with E-state index in [1.54, 1.807) is 24.9 Å². The Morgan fingerprint density at radius 3 is 2.88 bits per heavy atom. The number of hydrogen-bond donors (Lipinski definition) is 1. The number of hydrogen-bond acceptors (Lipinski definition) is 6. The van der Waals surface area contributed by atoms with Crippen molar-refractivity contribution in [2.45, 2.75) is 39.2 Å². The normalized spacial score (nSPS) is 19.9. The Morgan fingerprint density at radius 1 is 1.30 bits per heavy atom. The molecule has 0 unspecified atom stereocenters. The van der Waals surface area contributed by atoms with Crippen LogP contribution in [-0.4, -0.2) is 36.1 Å². The molecule has 1 aromatic heterocycles. The zero-order valence-corrected chi connectivity index (χ0v) is 19.6. The lowest BCUT2D eigenvalue weighted by molar-refractivity contribution is 0.0525. The van der Waals surface area contributed by atoms with E-state index in [1.165, 1.54) is 5.56 Å². The van der Waals surface area contributed by atoms with Gasteiger partial charge in [-0.05, 0) is 49.7 Å². The van der Waals surface area contributed by atoms with Gasteiger partial charge in [0.2, 0.25) is 0 Å². The molecule has 0 spiro atoms. The third-order valence-corrected chi connectivity index (χ3v) is 7.06. The minimum absolute atomic E-state index is 0.0834.